The van der Waals surface area contributed by atoms with Crippen LogP contribution in [-0.4, -0.2) is 41.7 Å². The Balaban J connectivity index is 2.41. The lowest BCUT2D eigenvalue weighted by Gasteiger charge is -2.22. The minimum Gasteiger partial charge on any atom is -0.299 e. The summed E-state index contributed by atoms with van der Waals surface area (Å²) in [6, 6.07) is 1.44. The van der Waals surface area contributed by atoms with Gasteiger partial charge >= 0.3 is 0 Å². The Hall–Kier alpha value is 0.360. The van der Waals surface area contributed by atoms with Crippen LogP contribution in [0.25, 0.3) is 0 Å². The van der Waals surface area contributed by atoms with E-state index in [1.807, 2.05) is 0 Å². The third-order valence-electron chi connectivity index (χ3n) is 2.50. The van der Waals surface area contributed by atoms with Crippen molar-refractivity contribution in [3.63, 3.8) is 0 Å². The lowest BCUT2D eigenvalue weighted by molar-refractivity contribution is 0.264. The van der Waals surface area contributed by atoms with E-state index in [4.69, 9.17) is 0 Å². The highest BCUT2D eigenvalue weighted by Gasteiger charge is 2.28. The maximum absolute atomic E-state index is 3.94. The lowest BCUT2D eigenvalue weighted by Crippen LogP contribution is -2.34. The van der Waals surface area contributed by atoms with Gasteiger partial charge in [-0.15, -0.1) is 0 Å². The average molecular weight is 266 g/mol. The molecule has 0 aliphatic carbocycles. The molecule has 0 bridgehead atoms. The third kappa shape index (κ3) is 2.15. The first-order valence-electron chi connectivity index (χ1n) is 4.00. The molecule has 1 fully saturated rings. The number of nitrogens with zero attached hydrogens (tertiary/aromatic N) is 2. The fraction of sp³-hybridized carbons (Fsp3) is 0.875. The van der Waals surface area contributed by atoms with E-state index in [0.29, 0.717) is 6.04 Å². The fourth-order valence-electron chi connectivity index (χ4n) is 1.65. The molecule has 0 saturated carbocycles. The van der Waals surface area contributed by atoms with Crippen molar-refractivity contribution in [2.24, 2.45) is 4.99 Å². The van der Waals surface area contributed by atoms with Crippen LogP contribution in [0.2, 0.25) is 0 Å². The number of likely N-dealkylation sites (tertiary alicyclic amines) is 1. The van der Waals surface area contributed by atoms with Crippen LogP contribution >= 0.6 is 22.6 Å². The van der Waals surface area contributed by atoms with Crippen molar-refractivity contribution >= 4 is 29.3 Å². The predicted octanol–water partition coefficient (Wildman–Crippen LogP) is 1.58. The topological polar surface area (TPSA) is 15.6 Å². The summed E-state index contributed by atoms with van der Waals surface area (Å²) in [7, 11) is 2.20. The molecule has 2 unspecified atom stereocenters. The van der Waals surface area contributed by atoms with Crippen LogP contribution in [0.15, 0.2) is 4.99 Å². The number of hydrogen-bond donors (Lipinski definition) is 0. The predicted molar refractivity (Wildman–Crippen MR) is 57.9 cm³/mol. The zero-order valence-corrected chi connectivity index (χ0v) is 9.12. The summed E-state index contributed by atoms with van der Waals surface area (Å²) in [5, 5.41) is 0. The molecule has 11 heavy (non-hydrogen) atoms. The molecule has 0 aromatic heterocycles. The summed E-state index contributed by atoms with van der Waals surface area (Å²) in [5.74, 6) is 0. The summed E-state index contributed by atoms with van der Waals surface area (Å²) < 4.78 is 1.24. The average Bonchev–Trinajstić information content (AvgIpc) is 2.34. The summed E-state index contributed by atoms with van der Waals surface area (Å²) in [6.07, 6.45) is 2.63. The van der Waals surface area contributed by atoms with Crippen molar-refractivity contribution in [3.8, 4) is 0 Å². The van der Waals surface area contributed by atoms with Gasteiger partial charge in [-0.25, -0.2) is 0 Å². The maximum atomic E-state index is 3.94. The Labute approximate surface area is 82.2 Å². The summed E-state index contributed by atoms with van der Waals surface area (Å²) in [6.45, 7) is 4.44. The van der Waals surface area contributed by atoms with Crippen LogP contribution in [0.4, 0.5) is 0 Å². The number of likely N-dealkylation sites (N-methyl/N-ethyl adjacent to an activating group) is 1. The quantitative estimate of drug-likeness (QED) is 0.430. The van der Waals surface area contributed by atoms with Crippen LogP contribution < -0.4 is 0 Å². The summed E-state index contributed by atoms with van der Waals surface area (Å²) in [5.41, 5.74) is 0. The minimum atomic E-state index is 0.660. The highest BCUT2D eigenvalue weighted by atomic mass is 127. The van der Waals surface area contributed by atoms with Crippen LogP contribution in [0.1, 0.15) is 12.8 Å². The highest BCUT2D eigenvalue weighted by Crippen LogP contribution is 2.23. The van der Waals surface area contributed by atoms with Gasteiger partial charge in [-0.2, -0.15) is 0 Å². The van der Waals surface area contributed by atoms with E-state index >= 15 is 0 Å². The van der Waals surface area contributed by atoms with Crippen molar-refractivity contribution in [2.75, 3.05) is 18.0 Å². The van der Waals surface area contributed by atoms with Crippen molar-refractivity contribution in [1.29, 1.82) is 0 Å². The van der Waals surface area contributed by atoms with Crippen LogP contribution in [-0.2, 0) is 0 Å². The Morgan fingerprint density at radius 1 is 1.55 bits per heavy atom. The maximum Gasteiger partial charge on any atom is 0.0538 e. The molecule has 2 nitrogen and oxygen atoms in total. The van der Waals surface area contributed by atoms with Gasteiger partial charge in [-0.05, 0) is 26.6 Å². The zero-order chi connectivity index (χ0) is 8.27. The van der Waals surface area contributed by atoms with E-state index < -0.39 is 0 Å². The summed E-state index contributed by atoms with van der Waals surface area (Å²) >= 11 is 2.46. The van der Waals surface area contributed by atoms with Gasteiger partial charge in [0.25, 0.3) is 0 Å². The fourth-order valence-corrected chi connectivity index (χ4v) is 2.71. The molecule has 64 valence electrons. The molecule has 0 amide bonds. The molecule has 0 radical (unpaired) electrons. The van der Waals surface area contributed by atoms with E-state index in [2.05, 4.69) is 46.2 Å². The molecule has 1 aliphatic rings. The van der Waals surface area contributed by atoms with E-state index in [-0.39, 0.29) is 0 Å². The first-order chi connectivity index (χ1) is 5.29. The first-order valence-corrected chi connectivity index (χ1v) is 5.52. The molecule has 3 heteroatoms. The Morgan fingerprint density at radius 2 is 2.18 bits per heavy atom. The molecule has 1 saturated heterocycles. The zero-order valence-electron chi connectivity index (χ0n) is 6.96. The molecule has 1 heterocycles. The second kappa shape index (κ2) is 4.40. The van der Waals surface area contributed by atoms with Crippen molar-refractivity contribution in [3.05, 3.63) is 0 Å². The molecule has 0 spiro atoms. The Morgan fingerprint density at radius 3 is 2.64 bits per heavy atom. The van der Waals surface area contributed by atoms with Gasteiger partial charge in [0.15, 0.2) is 0 Å². The molecular formula is C8H15IN2. The van der Waals surface area contributed by atoms with E-state index in [0.717, 1.165) is 12.6 Å². The SMILES string of the molecule is C=NCC1CCC(CI)N1C. The standard InChI is InChI=1S/C8H15IN2/c1-10-6-8-4-3-7(5-9)11(8)2/h7-8H,1,3-6H2,2H3. The van der Waals surface area contributed by atoms with Crippen LogP contribution in [0.3, 0.4) is 0 Å². The van der Waals surface area contributed by atoms with Crippen LogP contribution in [0, 0.1) is 0 Å². The van der Waals surface area contributed by atoms with Gasteiger partial charge in [0.1, 0.15) is 0 Å². The van der Waals surface area contributed by atoms with Gasteiger partial charge in [-0.1, -0.05) is 22.6 Å². The highest BCUT2D eigenvalue weighted by molar-refractivity contribution is 14.1. The number of rotatable bonds is 3. The molecular weight excluding hydrogens is 251 g/mol. The number of halogens is 1. The van der Waals surface area contributed by atoms with Gasteiger partial charge < -0.3 is 0 Å². The first kappa shape index (κ1) is 9.45. The lowest BCUT2D eigenvalue weighted by atomic mass is 10.2. The van der Waals surface area contributed by atoms with E-state index in [9.17, 15) is 0 Å². The van der Waals surface area contributed by atoms with Gasteiger partial charge in [-0.3, -0.25) is 9.89 Å². The molecule has 1 rings (SSSR count). The normalized spacial score (nSPS) is 32.5. The van der Waals surface area contributed by atoms with Crippen molar-refractivity contribution < 1.29 is 0 Å². The summed E-state index contributed by atoms with van der Waals surface area (Å²) in [4.78, 5) is 6.39. The Kier molecular flexibility index (Phi) is 3.78. The minimum absolute atomic E-state index is 0.660. The van der Waals surface area contributed by atoms with Gasteiger partial charge in [0.2, 0.25) is 0 Å². The third-order valence-corrected chi connectivity index (χ3v) is 3.52. The van der Waals surface area contributed by atoms with Gasteiger partial charge in [0.05, 0.1) is 6.54 Å². The molecule has 1 aliphatic heterocycles. The largest absolute Gasteiger partial charge is 0.299 e. The number of hydrogen-bond acceptors (Lipinski definition) is 2. The Bertz CT molecular complexity index is 138. The number of aliphatic imine (C=N–C) groups is 1. The van der Waals surface area contributed by atoms with Gasteiger partial charge in [0, 0.05) is 16.5 Å². The number of alkyl halides is 1. The van der Waals surface area contributed by atoms with Crippen molar-refractivity contribution in [2.45, 2.75) is 24.9 Å². The molecule has 0 N–H and O–H groups in total. The van der Waals surface area contributed by atoms with Crippen LogP contribution in [0.5, 0.6) is 0 Å². The molecule has 0 aromatic carbocycles. The van der Waals surface area contributed by atoms with E-state index in [1.165, 1.54) is 17.3 Å². The molecule has 2 atom stereocenters. The monoisotopic (exact) mass is 266 g/mol. The second-order valence-electron chi connectivity index (χ2n) is 3.11. The second-order valence-corrected chi connectivity index (χ2v) is 3.99. The molecule has 0 aromatic rings. The van der Waals surface area contributed by atoms with Crippen molar-refractivity contribution in [1.82, 2.24) is 4.90 Å². The van der Waals surface area contributed by atoms with E-state index in [1.54, 1.807) is 0 Å². The smallest absolute Gasteiger partial charge is 0.0538 e.